The van der Waals surface area contributed by atoms with Gasteiger partial charge in [-0.25, -0.2) is 0 Å². The normalized spacial score (nSPS) is 19.5. The fraction of sp³-hybridized carbons (Fsp3) is 0.583. The number of nitrogens with one attached hydrogen (secondary N) is 1. The predicted molar refractivity (Wildman–Crippen MR) is 79.3 cm³/mol. The number of halogens is 2. The van der Waals surface area contributed by atoms with Gasteiger partial charge in [0.25, 0.3) is 5.91 Å². The number of aryl methyl sites for hydroxylation is 1. The first-order valence-corrected chi connectivity index (χ1v) is 7.09. The van der Waals surface area contributed by atoms with E-state index in [4.69, 9.17) is 11.6 Å². The van der Waals surface area contributed by atoms with Crippen LogP contribution in [0.15, 0.2) is 5.38 Å². The number of rotatable bonds is 2. The molecule has 1 amide bonds. The minimum absolute atomic E-state index is 0. The number of likely N-dealkylation sites (tertiary alicyclic amines) is 1. The molecule has 3 nitrogen and oxygen atoms in total. The molecule has 1 aromatic rings. The monoisotopic (exact) mass is 308 g/mol. The molecule has 0 aliphatic carbocycles. The van der Waals surface area contributed by atoms with E-state index in [2.05, 4.69) is 5.32 Å². The zero-order valence-electron chi connectivity index (χ0n) is 10.5. The maximum Gasteiger partial charge on any atom is 0.265 e. The van der Waals surface area contributed by atoms with Crippen molar-refractivity contribution < 1.29 is 4.79 Å². The standard InChI is InChI=1S/C12H17ClN2OS.ClH/c1-8-7-17-11(10(8)13)12(16)15-5-3-4-9(6-15)14-2;/h7,9,14H,3-6H2,1-2H3;1H. The van der Waals surface area contributed by atoms with E-state index >= 15 is 0 Å². The summed E-state index contributed by atoms with van der Waals surface area (Å²) >= 11 is 7.58. The van der Waals surface area contributed by atoms with Gasteiger partial charge in [-0.1, -0.05) is 11.6 Å². The Bertz CT molecular complexity index is 422. The van der Waals surface area contributed by atoms with Gasteiger partial charge in [0.1, 0.15) is 4.88 Å². The first-order valence-electron chi connectivity index (χ1n) is 5.83. The van der Waals surface area contributed by atoms with Gasteiger partial charge in [0.2, 0.25) is 0 Å². The summed E-state index contributed by atoms with van der Waals surface area (Å²) in [6.45, 7) is 3.55. The third-order valence-corrected chi connectivity index (χ3v) is 4.90. The Labute approximate surface area is 123 Å². The lowest BCUT2D eigenvalue weighted by Gasteiger charge is -2.32. The van der Waals surface area contributed by atoms with E-state index in [9.17, 15) is 4.79 Å². The molecule has 2 rings (SSSR count). The first-order chi connectivity index (χ1) is 8.13. The number of thiophene rings is 1. The molecule has 18 heavy (non-hydrogen) atoms. The highest BCUT2D eigenvalue weighted by molar-refractivity contribution is 7.13. The van der Waals surface area contributed by atoms with Crippen LogP contribution in [0, 0.1) is 6.92 Å². The van der Waals surface area contributed by atoms with Gasteiger partial charge in [-0.15, -0.1) is 23.7 Å². The van der Waals surface area contributed by atoms with Crippen molar-refractivity contribution in [1.82, 2.24) is 10.2 Å². The molecule has 1 N–H and O–H groups in total. The fourth-order valence-corrected chi connectivity index (χ4v) is 3.36. The molecule has 1 fully saturated rings. The minimum Gasteiger partial charge on any atom is -0.336 e. The molecule has 0 aromatic carbocycles. The van der Waals surface area contributed by atoms with Gasteiger partial charge in [0, 0.05) is 19.1 Å². The van der Waals surface area contributed by atoms with E-state index < -0.39 is 0 Å². The van der Waals surface area contributed by atoms with Gasteiger partial charge in [-0.3, -0.25) is 4.79 Å². The zero-order valence-corrected chi connectivity index (χ0v) is 12.9. The van der Waals surface area contributed by atoms with Crippen LogP contribution >= 0.6 is 35.3 Å². The van der Waals surface area contributed by atoms with Gasteiger partial charge >= 0.3 is 0 Å². The van der Waals surface area contributed by atoms with Crippen molar-refractivity contribution in [3.63, 3.8) is 0 Å². The number of carbonyl (C=O) groups is 1. The van der Waals surface area contributed by atoms with E-state index in [1.807, 2.05) is 24.3 Å². The molecule has 1 aliphatic rings. The summed E-state index contributed by atoms with van der Waals surface area (Å²) in [6, 6.07) is 0.410. The molecule has 1 unspecified atom stereocenters. The number of hydrogen-bond acceptors (Lipinski definition) is 3. The second-order valence-electron chi connectivity index (χ2n) is 4.44. The van der Waals surface area contributed by atoms with Crippen molar-refractivity contribution in [2.24, 2.45) is 0 Å². The number of piperidine rings is 1. The minimum atomic E-state index is 0. The molecular weight excluding hydrogens is 291 g/mol. The molecule has 0 bridgehead atoms. The summed E-state index contributed by atoms with van der Waals surface area (Å²) in [5.41, 5.74) is 0.988. The van der Waals surface area contributed by atoms with Crippen molar-refractivity contribution in [2.75, 3.05) is 20.1 Å². The largest absolute Gasteiger partial charge is 0.336 e. The van der Waals surface area contributed by atoms with Crippen LogP contribution in [0.2, 0.25) is 5.02 Å². The maximum absolute atomic E-state index is 12.3. The van der Waals surface area contributed by atoms with E-state index in [-0.39, 0.29) is 18.3 Å². The summed E-state index contributed by atoms with van der Waals surface area (Å²) < 4.78 is 0. The molecule has 1 aromatic heterocycles. The van der Waals surface area contributed by atoms with E-state index in [1.165, 1.54) is 11.3 Å². The Kier molecular flexibility index (Phi) is 5.92. The van der Waals surface area contributed by atoms with Crippen LogP contribution in [0.3, 0.4) is 0 Å². The highest BCUT2D eigenvalue weighted by atomic mass is 35.5. The van der Waals surface area contributed by atoms with Crippen molar-refractivity contribution in [2.45, 2.75) is 25.8 Å². The second kappa shape index (κ2) is 6.75. The van der Waals surface area contributed by atoms with Crippen LogP contribution in [-0.2, 0) is 0 Å². The Balaban J connectivity index is 0.00000162. The second-order valence-corrected chi connectivity index (χ2v) is 5.70. The molecule has 1 aliphatic heterocycles. The topological polar surface area (TPSA) is 32.3 Å². The van der Waals surface area contributed by atoms with Gasteiger partial charge in [0.15, 0.2) is 0 Å². The summed E-state index contributed by atoms with van der Waals surface area (Å²) in [6.07, 6.45) is 2.19. The molecule has 0 radical (unpaired) electrons. The number of nitrogens with zero attached hydrogens (tertiary/aromatic N) is 1. The average Bonchev–Trinajstić information content (AvgIpc) is 2.69. The Morgan fingerprint density at radius 2 is 2.33 bits per heavy atom. The van der Waals surface area contributed by atoms with Crippen LogP contribution in [0.5, 0.6) is 0 Å². The third kappa shape index (κ3) is 3.18. The number of hydrogen-bond donors (Lipinski definition) is 1. The smallest absolute Gasteiger partial charge is 0.265 e. The van der Waals surface area contributed by atoms with Gasteiger partial charge in [0.05, 0.1) is 5.02 Å². The SMILES string of the molecule is CNC1CCCN(C(=O)c2scc(C)c2Cl)C1.Cl. The molecule has 1 saturated heterocycles. The van der Waals surface area contributed by atoms with Crippen LogP contribution < -0.4 is 5.32 Å². The van der Waals surface area contributed by atoms with E-state index in [0.717, 1.165) is 31.5 Å². The number of carbonyl (C=O) groups excluding carboxylic acids is 1. The predicted octanol–water partition coefficient (Wildman–Crippen LogP) is 2.96. The Hall–Kier alpha value is -0.290. The van der Waals surface area contributed by atoms with Crippen LogP contribution in [0.25, 0.3) is 0 Å². The maximum atomic E-state index is 12.3. The summed E-state index contributed by atoms with van der Waals surface area (Å²) in [5, 5.41) is 5.79. The van der Waals surface area contributed by atoms with Crippen molar-refractivity contribution >= 4 is 41.3 Å². The van der Waals surface area contributed by atoms with Crippen molar-refractivity contribution in [3.8, 4) is 0 Å². The Morgan fingerprint density at radius 1 is 1.61 bits per heavy atom. The lowest BCUT2D eigenvalue weighted by molar-refractivity contribution is 0.0703. The quantitative estimate of drug-likeness (QED) is 0.911. The van der Waals surface area contributed by atoms with Crippen LogP contribution in [0.1, 0.15) is 28.1 Å². The highest BCUT2D eigenvalue weighted by Crippen LogP contribution is 2.29. The van der Waals surface area contributed by atoms with Gasteiger partial charge < -0.3 is 10.2 Å². The molecule has 0 saturated carbocycles. The lowest BCUT2D eigenvalue weighted by atomic mass is 10.1. The summed E-state index contributed by atoms with van der Waals surface area (Å²) in [5.74, 6) is 0.0769. The average molecular weight is 309 g/mol. The van der Waals surface area contributed by atoms with Gasteiger partial charge in [-0.05, 0) is 37.8 Å². The summed E-state index contributed by atoms with van der Waals surface area (Å²) in [4.78, 5) is 14.9. The van der Waals surface area contributed by atoms with Crippen molar-refractivity contribution in [1.29, 1.82) is 0 Å². The third-order valence-electron chi connectivity index (χ3n) is 3.21. The van der Waals surface area contributed by atoms with Gasteiger partial charge in [-0.2, -0.15) is 0 Å². The van der Waals surface area contributed by atoms with E-state index in [0.29, 0.717) is 15.9 Å². The van der Waals surface area contributed by atoms with Crippen molar-refractivity contribution in [3.05, 3.63) is 20.8 Å². The fourth-order valence-electron chi connectivity index (χ4n) is 2.11. The molecular formula is C12H18Cl2N2OS. The lowest BCUT2D eigenvalue weighted by Crippen LogP contribution is -2.46. The molecule has 102 valence electrons. The summed E-state index contributed by atoms with van der Waals surface area (Å²) in [7, 11) is 1.95. The van der Waals surface area contributed by atoms with Crippen LogP contribution in [0.4, 0.5) is 0 Å². The number of likely N-dealkylation sites (N-methyl/N-ethyl adjacent to an activating group) is 1. The molecule has 1 atom stereocenters. The molecule has 6 heteroatoms. The molecule has 2 heterocycles. The van der Waals surface area contributed by atoms with Crippen LogP contribution in [-0.4, -0.2) is 37.0 Å². The first kappa shape index (κ1) is 15.8. The Morgan fingerprint density at radius 3 is 2.89 bits per heavy atom. The van der Waals surface area contributed by atoms with E-state index in [1.54, 1.807) is 0 Å². The zero-order chi connectivity index (χ0) is 12.4. The molecule has 0 spiro atoms. The highest BCUT2D eigenvalue weighted by Gasteiger charge is 2.26. The number of amides is 1.